The van der Waals surface area contributed by atoms with Crippen LogP contribution in [0.3, 0.4) is 0 Å². The zero-order chi connectivity index (χ0) is 20.4. The van der Waals surface area contributed by atoms with Gasteiger partial charge in [0.15, 0.2) is 0 Å². The van der Waals surface area contributed by atoms with Crippen LogP contribution in [0.1, 0.15) is 30.3 Å². The van der Waals surface area contributed by atoms with Crippen LogP contribution < -0.4 is 5.32 Å². The minimum atomic E-state index is -0.483. The number of carbonyl (C=O) groups is 1. The molecule has 2 heterocycles. The summed E-state index contributed by atoms with van der Waals surface area (Å²) in [5, 5.41) is 17.6. The van der Waals surface area contributed by atoms with E-state index in [0.29, 0.717) is 23.9 Å². The first kappa shape index (κ1) is 18.6. The number of aromatic nitrogens is 2. The van der Waals surface area contributed by atoms with Crippen LogP contribution in [0.5, 0.6) is 0 Å². The Hall–Kier alpha value is -3.75. The van der Waals surface area contributed by atoms with Gasteiger partial charge >= 0.3 is 6.03 Å². The standard InChI is InChI=1S/C20H19N5O4/c1-13-4-6-14(7-5-13)18-22-19(29-23-18)17-3-2-12-24(17)20(26)21-15-8-10-16(11-9-15)25(27)28/h4-11,17H,2-3,12H2,1H3,(H,21,26). The molecule has 2 amide bonds. The van der Waals surface area contributed by atoms with Crippen molar-refractivity contribution in [2.45, 2.75) is 25.8 Å². The first-order valence-corrected chi connectivity index (χ1v) is 9.24. The third kappa shape index (κ3) is 3.93. The number of nitro groups is 1. The van der Waals surface area contributed by atoms with Crippen molar-refractivity contribution in [2.75, 3.05) is 11.9 Å². The quantitative estimate of drug-likeness (QED) is 0.521. The van der Waals surface area contributed by atoms with Gasteiger partial charge in [0.05, 0.1) is 4.92 Å². The van der Waals surface area contributed by atoms with Gasteiger partial charge in [0.2, 0.25) is 11.7 Å². The zero-order valence-corrected chi connectivity index (χ0v) is 15.7. The lowest BCUT2D eigenvalue weighted by Gasteiger charge is -2.22. The molecule has 9 heteroatoms. The largest absolute Gasteiger partial charge is 0.337 e. The van der Waals surface area contributed by atoms with E-state index in [9.17, 15) is 14.9 Å². The van der Waals surface area contributed by atoms with E-state index in [2.05, 4.69) is 15.5 Å². The Labute approximate surface area is 166 Å². The van der Waals surface area contributed by atoms with Crippen LogP contribution in [0.2, 0.25) is 0 Å². The van der Waals surface area contributed by atoms with Crippen molar-refractivity contribution in [1.29, 1.82) is 0 Å². The van der Waals surface area contributed by atoms with Crippen LogP contribution in [0.4, 0.5) is 16.2 Å². The second-order valence-corrected chi connectivity index (χ2v) is 6.91. The number of non-ortho nitro benzene ring substituents is 1. The number of hydrogen-bond acceptors (Lipinski definition) is 6. The number of rotatable bonds is 4. The van der Waals surface area contributed by atoms with Gasteiger partial charge in [0.1, 0.15) is 6.04 Å². The zero-order valence-electron chi connectivity index (χ0n) is 15.7. The summed E-state index contributed by atoms with van der Waals surface area (Å²) >= 11 is 0. The molecule has 2 aromatic carbocycles. The van der Waals surface area contributed by atoms with Gasteiger partial charge in [-0.2, -0.15) is 4.98 Å². The number of nitrogens with zero attached hydrogens (tertiary/aromatic N) is 4. The minimum Gasteiger partial charge on any atom is -0.337 e. The molecule has 0 bridgehead atoms. The fourth-order valence-electron chi connectivity index (χ4n) is 3.32. The minimum absolute atomic E-state index is 0.0310. The molecule has 0 saturated carbocycles. The molecule has 1 aliphatic rings. The number of nitrogens with one attached hydrogen (secondary N) is 1. The third-order valence-electron chi connectivity index (χ3n) is 4.88. The summed E-state index contributed by atoms with van der Waals surface area (Å²) in [5.74, 6) is 0.888. The van der Waals surface area contributed by atoms with Crippen molar-refractivity contribution in [3.63, 3.8) is 0 Å². The maximum atomic E-state index is 12.7. The molecular formula is C20H19N5O4. The second-order valence-electron chi connectivity index (χ2n) is 6.91. The van der Waals surface area contributed by atoms with Crippen LogP contribution >= 0.6 is 0 Å². The third-order valence-corrected chi connectivity index (χ3v) is 4.88. The lowest BCUT2D eigenvalue weighted by Crippen LogP contribution is -2.34. The summed E-state index contributed by atoms with van der Waals surface area (Å²) in [6, 6.07) is 12.9. The highest BCUT2D eigenvalue weighted by Gasteiger charge is 2.34. The Morgan fingerprint density at radius 2 is 1.93 bits per heavy atom. The van der Waals surface area contributed by atoms with E-state index < -0.39 is 4.92 Å². The van der Waals surface area contributed by atoms with Crippen LogP contribution in [-0.2, 0) is 0 Å². The maximum absolute atomic E-state index is 12.7. The van der Waals surface area contributed by atoms with Gasteiger partial charge in [0, 0.05) is 29.9 Å². The lowest BCUT2D eigenvalue weighted by atomic mass is 10.1. The van der Waals surface area contributed by atoms with Crippen molar-refractivity contribution in [2.24, 2.45) is 0 Å². The van der Waals surface area contributed by atoms with Gasteiger partial charge in [-0.05, 0) is 31.9 Å². The molecule has 3 aromatic rings. The van der Waals surface area contributed by atoms with Gasteiger partial charge < -0.3 is 14.7 Å². The monoisotopic (exact) mass is 393 g/mol. The molecule has 29 heavy (non-hydrogen) atoms. The Morgan fingerprint density at radius 3 is 2.62 bits per heavy atom. The SMILES string of the molecule is Cc1ccc(-c2noc(C3CCCN3C(=O)Nc3ccc([N+](=O)[O-])cc3)n2)cc1. The van der Waals surface area contributed by atoms with Crippen LogP contribution in [0.15, 0.2) is 53.1 Å². The molecule has 4 rings (SSSR count). The number of urea groups is 1. The second kappa shape index (κ2) is 7.70. The maximum Gasteiger partial charge on any atom is 0.322 e. The van der Waals surface area contributed by atoms with Gasteiger partial charge in [-0.3, -0.25) is 10.1 Å². The van der Waals surface area contributed by atoms with E-state index in [0.717, 1.165) is 24.0 Å². The van der Waals surface area contributed by atoms with E-state index in [1.807, 2.05) is 31.2 Å². The molecule has 1 N–H and O–H groups in total. The average Bonchev–Trinajstić information content (AvgIpc) is 3.38. The summed E-state index contributed by atoms with van der Waals surface area (Å²) < 4.78 is 5.45. The summed E-state index contributed by atoms with van der Waals surface area (Å²) in [7, 11) is 0. The molecule has 1 saturated heterocycles. The first-order chi connectivity index (χ1) is 14.0. The number of aryl methyl sites for hydroxylation is 1. The summed E-state index contributed by atoms with van der Waals surface area (Å²) in [6.45, 7) is 2.57. The molecule has 0 aliphatic carbocycles. The predicted molar refractivity (Wildman–Crippen MR) is 105 cm³/mol. The topological polar surface area (TPSA) is 114 Å². The fourth-order valence-corrected chi connectivity index (χ4v) is 3.32. The molecule has 1 atom stereocenters. The number of benzene rings is 2. The lowest BCUT2D eigenvalue weighted by molar-refractivity contribution is -0.384. The van der Waals surface area contributed by atoms with E-state index in [1.54, 1.807) is 4.90 Å². The number of amides is 2. The highest BCUT2D eigenvalue weighted by atomic mass is 16.6. The Morgan fingerprint density at radius 1 is 1.21 bits per heavy atom. The van der Waals surface area contributed by atoms with Crippen molar-refractivity contribution in [1.82, 2.24) is 15.0 Å². The molecule has 0 spiro atoms. The van der Waals surface area contributed by atoms with Gasteiger partial charge in [-0.15, -0.1) is 0 Å². The normalized spacial score (nSPS) is 16.0. The molecule has 9 nitrogen and oxygen atoms in total. The van der Waals surface area contributed by atoms with Gasteiger partial charge in [-0.1, -0.05) is 35.0 Å². The van der Waals surface area contributed by atoms with E-state index >= 15 is 0 Å². The first-order valence-electron chi connectivity index (χ1n) is 9.24. The molecule has 1 unspecified atom stereocenters. The van der Waals surface area contributed by atoms with Crippen molar-refractivity contribution in [3.8, 4) is 11.4 Å². The van der Waals surface area contributed by atoms with Gasteiger partial charge in [-0.25, -0.2) is 4.79 Å². The van der Waals surface area contributed by atoms with E-state index in [-0.39, 0.29) is 17.8 Å². The Bertz CT molecular complexity index is 1030. The summed E-state index contributed by atoms with van der Waals surface area (Å²) in [4.78, 5) is 29.1. The molecule has 0 radical (unpaired) electrons. The van der Waals surface area contributed by atoms with E-state index in [1.165, 1.54) is 24.3 Å². The number of hydrogen-bond donors (Lipinski definition) is 1. The van der Waals surface area contributed by atoms with Crippen LogP contribution in [-0.4, -0.2) is 32.5 Å². The number of likely N-dealkylation sites (tertiary alicyclic amines) is 1. The van der Waals surface area contributed by atoms with Gasteiger partial charge in [0.25, 0.3) is 5.69 Å². The highest BCUT2D eigenvalue weighted by molar-refractivity contribution is 5.89. The molecule has 1 fully saturated rings. The Kier molecular flexibility index (Phi) is 4.94. The average molecular weight is 393 g/mol. The summed E-state index contributed by atoms with van der Waals surface area (Å²) in [6.07, 6.45) is 1.55. The molecule has 1 aliphatic heterocycles. The van der Waals surface area contributed by atoms with Crippen molar-refractivity contribution >= 4 is 17.4 Å². The predicted octanol–water partition coefficient (Wildman–Crippen LogP) is 4.32. The molecule has 1 aromatic heterocycles. The number of carbonyl (C=O) groups excluding carboxylic acids is 1. The smallest absolute Gasteiger partial charge is 0.322 e. The molecule has 148 valence electrons. The summed E-state index contributed by atoms with van der Waals surface area (Å²) in [5.41, 5.74) is 2.45. The number of nitro benzene ring substituents is 1. The fraction of sp³-hybridized carbons (Fsp3) is 0.250. The van der Waals surface area contributed by atoms with Crippen LogP contribution in [0, 0.1) is 17.0 Å². The van der Waals surface area contributed by atoms with E-state index in [4.69, 9.17) is 4.52 Å². The Balaban J connectivity index is 1.48. The number of anilines is 1. The van der Waals surface area contributed by atoms with Crippen molar-refractivity contribution in [3.05, 3.63) is 70.1 Å². The molecular weight excluding hydrogens is 374 g/mol. The highest BCUT2D eigenvalue weighted by Crippen LogP contribution is 2.32. The van der Waals surface area contributed by atoms with Crippen LogP contribution in [0.25, 0.3) is 11.4 Å². The van der Waals surface area contributed by atoms with Crippen molar-refractivity contribution < 1.29 is 14.2 Å².